The van der Waals surface area contributed by atoms with Gasteiger partial charge < -0.3 is 10.1 Å². The number of nitrogens with zero attached hydrogens (tertiary/aromatic N) is 2. The van der Waals surface area contributed by atoms with Crippen LogP contribution in [0.4, 0.5) is 0 Å². The highest BCUT2D eigenvalue weighted by Crippen LogP contribution is 2.19. The number of carbonyl (C=O) groups is 1. The molecule has 2 aromatic carbocycles. The van der Waals surface area contributed by atoms with Crippen LogP contribution in [0.15, 0.2) is 48.5 Å². The quantitative estimate of drug-likeness (QED) is 0.799. The van der Waals surface area contributed by atoms with Gasteiger partial charge in [0.15, 0.2) is 5.69 Å². The normalized spacial score (nSPS) is 10.5. The second kappa shape index (κ2) is 6.62. The Kier molecular flexibility index (Phi) is 4.39. The molecule has 0 bridgehead atoms. The van der Waals surface area contributed by atoms with E-state index in [1.807, 2.05) is 36.4 Å². The van der Waals surface area contributed by atoms with Crippen LogP contribution < -0.4 is 10.1 Å². The molecule has 1 amide bonds. The average Bonchev–Trinajstić information content (AvgIpc) is 2.59. The summed E-state index contributed by atoms with van der Waals surface area (Å²) in [6.45, 7) is 0.302. The zero-order valence-corrected chi connectivity index (χ0v) is 13.2. The molecule has 1 aromatic heterocycles. The second-order valence-corrected chi connectivity index (χ2v) is 5.25. The molecular weight excluding hydrogens is 314 g/mol. The summed E-state index contributed by atoms with van der Waals surface area (Å²) >= 11 is 6.09. The third kappa shape index (κ3) is 3.24. The van der Waals surface area contributed by atoms with E-state index in [2.05, 4.69) is 15.3 Å². The van der Waals surface area contributed by atoms with Crippen molar-refractivity contribution in [3.8, 4) is 5.88 Å². The number of methoxy groups -OCH3 is 1. The Hall–Kier alpha value is -2.66. The molecule has 1 N–H and O–H groups in total. The first-order chi connectivity index (χ1) is 11.2. The molecule has 1 heterocycles. The molecule has 0 fully saturated rings. The van der Waals surface area contributed by atoms with Crippen LogP contribution in [0, 0.1) is 0 Å². The first-order valence-electron chi connectivity index (χ1n) is 7.01. The lowest BCUT2D eigenvalue weighted by Crippen LogP contribution is -2.25. The van der Waals surface area contributed by atoms with Crippen molar-refractivity contribution in [2.45, 2.75) is 6.54 Å². The molecule has 0 radical (unpaired) electrons. The summed E-state index contributed by atoms with van der Waals surface area (Å²) in [7, 11) is 1.46. The van der Waals surface area contributed by atoms with Gasteiger partial charge in [0.2, 0.25) is 5.88 Å². The number of ether oxygens (including phenoxy) is 1. The molecule has 0 unspecified atom stereocenters. The predicted molar refractivity (Wildman–Crippen MR) is 88.7 cm³/mol. The third-order valence-electron chi connectivity index (χ3n) is 3.34. The lowest BCUT2D eigenvalue weighted by Gasteiger charge is -2.10. The van der Waals surface area contributed by atoms with E-state index in [1.165, 1.54) is 7.11 Å². The Balaban J connectivity index is 1.86. The number of halogens is 1. The molecule has 0 saturated heterocycles. The maximum atomic E-state index is 12.4. The Morgan fingerprint density at radius 3 is 2.43 bits per heavy atom. The van der Waals surface area contributed by atoms with E-state index in [0.29, 0.717) is 22.6 Å². The molecule has 0 atom stereocenters. The van der Waals surface area contributed by atoms with E-state index in [1.54, 1.807) is 12.1 Å². The molecule has 0 spiro atoms. The van der Waals surface area contributed by atoms with Crippen LogP contribution in [0.2, 0.25) is 5.02 Å². The summed E-state index contributed by atoms with van der Waals surface area (Å²) < 4.78 is 5.19. The van der Waals surface area contributed by atoms with Crippen molar-refractivity contribution >= 4 is 28.5 Å². The van der Waals surface area contributed by atoms with Gasteiger partial charge in [-0.1, -0.05) is 41.9 Å². The molecule has 23 heavy (non-hydrogen) atoms. The zero-order valence-electron chi connectivity index (χ0n) is 12.4. The number of benzene rings is 2. The highest BCUT2D eigenvalue weighted by molar-refractivity contribution is 6.31. The third-order valence-corrected chi connectivity index (χ3v) is 3.71. The zero-order chi connectivity index (χ0) is 16.2. The number of carbonyl (C=O) groups excluding carboxylic acids is 1. The Labute approximate surface area is 138 Å². The van der Waals surface area contributed by atoms with Crippen molar-refractivity contribution in [1.82, 2.24) is 15.3 Å². The first kappa shape index (κ1) is 15.2. The Bertz CT molecular complexity index is 867. The molecule has 3 aromatic rings. The van der Waals surface area contributed by atoms with Crippen LogP contribution in [-0.4, -0.2) is 23.0 Å². The molecule has 0 aliphatic rings. The van der Waals surface area contributed by atoms with E-state index >= 15 is 0 Å². The van der Waals surface area contributed by atoms with E-state index in [-0.39, 0.29) is 17.5 Å². The summed E-state index contributed by atoms with van der Waals surface area (Å²) in [5.41, 5.74) is 2.29. The highest BCUT2D eigenvalue weighted by atomic mass is 35.5. The van der Waals surface area contributed by atoms with Crippen molar-refractivity contribution in [3.63, 3.8) is 0 Å². The van der Waals surface area contributed by atoms with Crippen LogP contribution in [0.1, 0.15) is 16.1 Å². The standard InChI is InChI=1S/C17H14ClN3O2/c1-23-17-15(20-13-8-4-5-9-14(13)21-17)16(22)19-10-11-6-2-3-7-12(11)18/h2-9H,10H2,1H3,(H,19,22). The summed E-state index contributed by atoms with van der Waals surface area (Å²) in [6, 6.07) is 14.6. The second-order valence-electron chi connectivity index (χ2n) is 4.84. The van der Waals surface area contributed by atoms with E-state index in [0.717, 1.165) is 5.56 Å². The van der Waals surface area contributed by atoms with Crippen LogP contribution in [-0.2, 0) is 6.54 Å². The number of aromatic nitrogens is 2. The number of para-hydroxylation sites is 2. The molecule has 0 aliphatic heterocycles. The fourth-order valence-electron chi connectivity index (χ4n) is 2.18. The topological polar surface area (TPSA) is 64.1 Å². The van der Waals surface area contributed by atoms with Crippen molar-refractivity contribution in [1.29, 1.82) is 0 Å². The summed E-state index contributed by atoms with van der Waals surface area (Å²) in [4.78, 5) is 21.1. The molecule has 6 heteroatoms. The highest BCUT2D eigenvalue weighted by Gasteiger charge is 2.17. The van der Waals surface area contributed by atoms with Gasteiger partial charge in [0.05, 0.1) is 18.1 Å². The molecular formula is C17H14ClN3O2. The first-order valence-corrected chi connectivity index (χ1v) is 7.39. The molecule has 5 nitrogen and oxygen atoms in total. The van der Waals surface area contributed by atoms with Gasteiger partial charge in [0.25, 0.3) is 5.91 Å². The Morgan fingerprint density at radius 2 is 1.74 bits per heavy atom. The van der Waals surface area contributed by atoms with E-state index in [9.17, 15) is 4.79 Å². The van der Waals surface area contributed by atoms with Gasteiger partial charge >= 0.3 is 0 Å². The monoisotopic (exact) mass is 327 g/mol. The molecule has 116 valence electrons. The summed E-state index contributed by atoms with van der Waals surface area (Å²) in [5.74, 6) is -0.166. The van der Waals surface area contributed by atoms with Gasteiger partial charge in [-0.05, 0) is 23.8 Å². The van der Waals surface area contributed by atoms with E-state index < -0.39 is 0 Å². The smallest absolute Gasteiger partial charge is 0.275 e. The molecule has 3 rings (SSSR count). The molecule has 0 saturated carbocycles. The van der Waals surface area contributed by atoms with Crippen molar-refractivity contribution in [2.75, 3.05) is 7.11 Å². The van der Waals surface area contributed by atoms with Gasteiger partial charge in [0, 0.05) is 11.6 Å². The van der Waals surface area contributed by atoms with Gasteiger partial charge in [-0.3, -0.25) is 4.79 Å². The van der Waals surface area contributed by atoms with Crippen molar-refractivity contribution < 1.29 is 9.53 Å². The van der Waals surface area contributed by atoms with Gasteiger partial charge in [-0.15, -0.1) is 0 Å². The minimum Gasteiger partial charge on any atom is -0.479 e. The molecule has 0 aliphatic carbocycles. The largest absolute Gasteiger partial charge is 0.479 e. The lowest BCUT2D eigenvalue weighted by molar-refractivity contribution is 0.0942. The lowest BCUT2D eigenvalue weighted by atomic mass is 10.2. The van der Waals surface area contributed by atoms with Crippen molar-refractivity contribution in [3.05, 3.63) is 64.8 Å². The average molecular weight is 328 g/mol. The SMILES string of the molecule is COc1nc2ccccc2nc1C(=O)NCc1ccccc1Cl. The van der Waals surface area contributed by atoms with E-state index in [4.69, 9.17) is 16.3 Å². The van der Waals surface area contributed by atoms with Gasteiger partial charge in [0.1, 0.15) is 0 Å². The number of hydrogen-bond acceptors (Lipinski definition) is 4. The van der Waals surface area contributed by atoms with Crippen LogP contribution >= 0.6 is 11.6 Å². The maximum Gasteiger partial charge on any atom is 0.275 e. The van der Waals surface area contributed by atoms with Crippen LogP contribution in [0.25, 0.3) is 11.0 Å². The predicted octanol–water partition coefficient (Wildman–Crippen LogP) is 3.22. The Morgan fingerprint density at radius 1 is 1.09 bits per heavy atom. The minimum absolute atomic E-state index is 0.151. The van der Waals surface area contributed by atoms with Gasteiger partial charge in [-0.2, -0.15) is 0 Å². The number of amides is 1. The fourth-order valence-corrected chi connectivity index (χ4v) is 2.38. The number of nitrogens with one attached hydrogen (secondary N) is 1. The number of fused-ring (bicyclic) bond motifs is 1. The maximum absolute atomic E-state index is 12.4. The van der Waals surface area contributed by atoms with Crippen molar-refractivity contribution in [2.24, 2.45) is 0 Å². The summed E-state index contributed by atoms with van der Waals surface area (Å²) in [6.07, 6.45) is 0. The van der Waals surface area contributed by atoms with Crippen LogP contribution in [0.3, 0.4) is 0 Å². The minimum atomic E-state index is -0.361. The number of rotatable bonds is 4. The fraction of sp³-hybridized carbons (Fsp3) is 0.118. The van der Waals surface area contributed by atoms with Gasteiger partial charge in [-0.25, -0.2) is 9.97 Å². The summed E-state index contributed by atoms with van der Waals surface area (Å²) in [5, 5.41) is 3.39. The van der Waals surface area contributed by atoms with Crippen LogP contribution in [0.5, 0.6) is 5.88 Å². The number of hydrogen-bond donors (Lipinski definition) is 1.